The van der Waals surface area contributed by atoms with Gasteiger partial charge in [-0.2, -0.15) is 0 Å². The van der Waals surface area contributed by atoms with Crippen LogP contribution in [0.15, 0.2) is 0 Å². The van der Waals surface area contributed by atoms with Crippen LogP contribution in [0.5, 0.6) is 0 Å². The number of carboxylic acid groups (broad SMARTS) is 1. The summed E-state index contributed by atoms with van der Waals surface area (Å²) >= 11 is 0. The van der Waals surface area contributed by atoms with Crippen LogP contribution in [0.3, 0.4) is 0 Å². The van der Waals surface area contributed by atoms with E-state index in [-0.39, 0.29) is 6.42 Å². The van der Waals surface area contributed by atoms with Crippen molar-refractivity contribution in [3.8, 4) is 0 Å². The summed E-state index contributed by atoms with van der Waals surface area (Å²) in [6.45, 7) is 4.71. The Balaban J connectivity index is 0. The molecule has 0 aromatic heterocycles. The van der Waals surface area contributed by atoms with Gasteiger partial charge in [-0.1, -0.05) is 46.0 Å². The van der Waals surface area contributed by atoms with Crippen LogP contribution < -0.4 is 5.73 Å². The fourth-order valence-electron chi connectivity index (χ4n) is 0.925. The van der Waals surface area contributed by atoms with Gasteiger partial charge in [-0.15, -0.1) is 0 Å². The van der Waals surface area contributed by atoms with Crippen LogP contribution in [0.25, 0.3) is 0 Å². The molecule has 0 unspecified atom stereocenters. The monoisotopic (exact) mass is 203 g/mol. The topological polar surface area (TPSA) is 63.3 Å². The molecule has 14 heavy (non-hydrogen) atoms. The second-order valence-electron chi connectivity index (χ2n) is 3.30. The number of aliphatic carboxylic acids is 1. The van der Waals surface area contributed by atoms with Crippen molar-refractivity contribution >= 4 is 5.97 Å². The molecule has 0 atom stereocenters. The Bertz CT molecular complexity index is 110. The highest BCUT2D eigenvalue weighted by Gasteiger charge is 1.85. The summed E-state index contributed by atoms with van der Waals surface area (Å²) in [4.78, 5) is 9.37. The van der Waals surface area contributed by atoms with Crippen molar-refractivity contribution in [1.82, 2.24) is 0 Å². The van der Waals surface area contributed by atoms with Crippen LogP contribution >= 0.6 is 0 Å². The Labute approximate surface area is 87.7 Å². The van der Waals surface area contributed by atoms with E-state index in [1.54, 1.807) is 6.92 Å². The maximum atomic E-state index is 9.37. The third-order valence-corrected chi connectivity index (χ3v) is 1.86. The third-order valence-electron chi connectivity index (χ3n) is 1.86. The second kappa shape index (κ2) is 14.9. The molecule has 0 spiro atoms. The van der Waals surface area contributed by atoms with E-state index in [4.69, 9.17) is 10.8 Å². The van der Waals surface area contributed by atoms with Crippen molar-refractivity contribution in [2.75, 3.05) is 6.54 Å². The number of carboxylic acids is 1. The van der Waals surface area contributed by atoms with Crippen LogP contribution in [0.2, 0.25) is 0 Å². The summed E-state index contributed by atoms with van der Waals surface area (Å²) in [5, 5.41) is 7.72. The van der Waals surface area contributed by atoms with E-state index in [9.17, 15) is 4.79 Å². The van der Waals surface area contributed by atoms with Gasteiger partial charge in [0.2, 0.25) is 0 Å². The van der Waals surface area contributed by atoms with Gasteiger partial charge in [-0.3, -0.25) is 4.79 Å². The Hall–Kier alpha value is -0.570. The zero-order chi connectivity index (χ0) is 11.2. The lowest BCUT2D eigenvalue weighted by Crippen LogP contribution is -1.97. The molecular weight excluding hydrogens is 178 g/mol. The number of rotatable bonds is 7. The molecule has 3 N–H and O–H groups in total. The highest BCUT2D eigenvalue weighted by Crippen LogP contribution is 2.03. The fourth-order valence-corrected chi connectivity index (χ4v) is 0.925. The van der Waals surface area contributed by atoms with Gasteiger partial charge in [0.25, 0.3) is 0 Å². The van der Waals surface area contributed by atoms with Crippen molar-refractivity contribution in [2.24, 2.45) is 5.73 Å². The predicted octanol–water partition coefficient (Wildman–Crippen LogP) is 2.79. The summed E-state index contributed by atoms with van der Waals surface area (Å²) in [5.74, 6) is -0.745. The molecular formula is C11H25NO2. The van der Waals surface area contributed by atoms with Crippen LogP contribution in [0.1, 0.15) is 58.8 Å². The highest BCUT2D eigenvalue weighted by molar-refractivity contribution is 5.66. The van der Waals surface area contributed by atoms with Gasteiger partial charge in [0, 0.05) is 6.42 Å². The first-order valence-electron chi connectivity index (χ1n) is 5.60. The largest absolute Gasteiger partial charge is 0.481 e. The van der Waals surface area contributed by atoms with Crippen molar-refractivity contribution in [3.05, 3.63) is 0 Å². The number of unbranched alkanes of at least 4 members (excludes halogenated alkanes) is 5. The summed E-state index contributed by atoms with van der Waals surface area (Å²) in [6, 6.07) is 0. The molecule has 0 fully saturated rings. The Morgan fingerprint density at radius 1 is 1.07 bits per heavy atom. The first kappa shape index (κ1) is 15.9. The maximum Gasteiger partial charge on any atom is 0.303 e. The lowest BCUT2D eigenvalue weighted by Gasteiger charge is -1.96. The van der Waals surface area contributed by atoms with E-state index in [0.29, 0.717) is 0 Å². The summed E-state index contributed by atoms with van der Waals surface area (Å²) in [6.07, 6.45) is 8.27. The van der Waals surface area contributed by atoms with Gasteiger partial charge in [0.05, 0.1) is 0 Å². The van der Waals surface area contributed by atoms with Gasteiger partial charge in [-0.05, 0) is 13.0 Å². The molecule has 86 valence electrons. The number of carbonyl (C=O) groups is 1. The first-order valence-corrected chi connectivity index (χ1v) is 5.60. The van der Waals surface area contributed by atoms with Crippen LogP contribution in [0.4, 0.5) is 0 Å². The normalized spacial score (nSPS) is 9.07. The quantitative estimate of drug-likeness (QED) is 0.625. The Kier molecular flexibility index (Phi) is 16.9. The molecule has 0 aliphatic rings. The lowest BCUT2D eigenvalue weighted by molar-refractivity contribution is -0.136. The van der Waals surface area contributed by atoms with Gasteiger partial charge in [0.15, 0.2) is 0 Å². The van der Waals surface area contributed by atoms with Crippen molar-refractivity contribution in [3.63, 3.8) is 0 Å². The fraction of sp³-hybridized carbons (Fsp3) is 0.909. The molecule has 0 aliphatic heterocycles. The smallest absolute Gasteiger partial charge is 0.303 e. The van der Waals surface area contributed by atoms with Crippen LogP contribution in [-0.4, -0.2) is 17.6 Å². The van der Waals surface area contributed by atoms with Crippen LogP contribution in [0, 0.1) is 0 Å². The van der Waals surface area contributed by atoms with Crippen molar-refractivity contribution < 1.29 is 9.90 Å². The second-order valence-corrected chi connectivity index (χ2v) is 3.30. The SMILES string of the molecule is CCC(=O)O.CCCCCCCCN. The average molecular weight is 203 g/mol. The van der Waals surface area contributed by atoms with E-state index in [1.807, 2.05) is 0 Å². The number of nitrogens with two attached hydrogens (primary N) is 1. The van der Waals surface area contributed by atoms with Gasteiger partial charge < -0.3 is 10.8 Å². The Morgan fingerprint density at radius 2 is 1.50 bits per heavy atom. The molecule has 3 heteroatoms. The molecule has 0 saturated heterocycles. The van der Waals surface area contributed by atoms with E-state index in [1.165, 1.54) is 38.5 Å². The highest BCUT2D eigenvalue weighted by atomic mass is 16.4. The minimum absolute atomic E-state index is 0.222. The number of hydrogen-bond acceptors (Lipinski definition) is 2. The standard InChI is InChI=1S/C8H19N.C3H6O2/c1-2-3-4-5-6-7-8-9;1-2-3(4)5/h2-9H2,1H3;2H2,1H3,(H,4,5). The van der Waals surface area contributed by atoms with E-state index < -0.39 is 5.97 Å². The first-order chi connectivity index (χ1) is 6.68. The van der Waals surface area contributed by atoms with Gasteiger partial charge in [-0.25, -0.2) is 0 Å². The van der Waals surface area contributed by atoms with Crippen molar-refractivity contribution in [1.29, 1.82) is 0 Å². The summed E-state index contributed by atoms with van der Waals surface area (Å²) in [5.41, 5.74) is 5.34. The summed E-state index contributed by atoms with van der Waals surface area (Å²) < 4.78 is 0. The van der Waals surface area contributed by atoms with E-state index in [2.05, 4.69) is 6.92 Å². The van der Waals surface area contributed by atoms with Crippen molar-refractivity contribution in [2.45, 2.75) is 58.8 Å². The third kappa shape index (κ3) is 22.5. The molecule has 0 heterocycles. The molecule has 0 aromatic carbocycles. The van der Waals surface area contributed by atoms with Crippen LogP contribution in [-0.2, 0) is 4.79 Å². The lowest BCUT2D eigenvalue weighted by atomic mass is 10.1. The average Bonchev–Trinajstić information content (AvgIpc) is 2.19. The summed E-state index contributed by atoms with van der Waals surface area (Å²) in [7, 11) is 0. The Morgan fingerprint density at radius 3 is 1.86 bits per heavy atom. The van der Waals surface area contributed by atoms with E-state index in [0.717, 1.165) is 6.54 Å². The molecule has 0 aliphatic carbocycles. The molecule has 0 aromatic rings. The van der Waals surface area contributed by atoms with Gasteiger partial charge in [0.1, 0.15) is 0 Å². The van der Waals surface area contributed by atoms with Gasteiger partial charge >= 0.3 is 5.97 Å². The molecule has 0 radical (unpaired) electrons. The molecule has 0 amide bonds. The minimum atomic E-state index is -0.745. The molecule has 3 nitrogen and oxygen atoms in total. The van der Waals surface area contributed by atoms with E-state index >= 15 is 0 Å². The number of hydrogen-bond donors (Lipinski definition) is 2. The zero-order valence-corrected chi connectivity index (χ0v) is 9.59. The predicted molar refractivity (Wildman–Crippen MR) is 60.4 cm³/mol. The molecule has 0 saturated carbocycles. The zero-order valence-electron chi connectivity index (χ0n) is 9.59. The minimum Gasteiger partial charge on any atom is -0.481 e. The molecule has 0 rings (SSSR count). The molecule has 0 bridgehead atoms. The maximum absolute atomic E-state index is 9.37.